The number of fused-ring (bicyclic) bond motifs is 2. The molecule has 5 heteroatoms. The van der Waals surface area contributed by atoms with Crippen LogP contribution in [0.2, 0.25) is 0 Å². The van der Waals surface area contributed by atoms with E-state index in [1.807, 2.05) is 19.1 Å². The van der Waals surface area contributed by atoms with Crippen LogP contribution in [-0.4, -0.2) is 29.2 Å². The van der Waals surface area contributed by atoms with E-state index in [0.29, 0.717) is 13.2 Å². The molecule has 4 nitrogen and oxygen atoms in total. The summed E-state index contributed by atoms with van der Waals surface area (Å²) in [4.78, 5) is 0.902. The summed E-state index contributed by atoms with van der Waals surface area (Å²) in [5.41, 5.74) is 1.10. The van der Waals surface area contributed by atoms with E-state index in [0.717, 1.165) is 41.3 Å². The van der Waals surface area contributed by atoms with Crippen LogP contribution in [0.1, 0.15) is 38.3 Å². The molecule has 2 heterocycles. The lowest BCUT2D eigenvalue weighted by molar-refractivity contribution is 0.296. The third kappa shape index (κ3) is 2.44. The van der Waals surface area contributed by atoms with Crippen molar-refractivity contribution in [1.29, 1.82) is 0 Å². The molecule has 1 aromatic rings. The highest BCUT2D eigenvalue weighted by molar-refractivity contribution is 7.85. The van der Waals surface area contributed by atoms with Gasteiger partial charge in [0.05, 0.1) is 24.0 Å². The fourth-order valence-corrected chi connectivity index (χ4v) is 4.31. The van der Waals surface area contributed by atoms with Crippen LogP contribution in [0.4, 0.5) is 0 Å². The predicted molar refractivity (Wildman–Crippen MR) is 79.0 cm³/mol. The first-order valence-corrected chi connectivity index (χ1v) is 8.49. The van der Waals surface area contributed by atoms with Crippen molar-refractivity contribution >= 4 is 10.8 Å². The molecule has 2 aliphatic rings. The van der Waals surface area contributed by atoms with Crippen molar-refractivity contribution in [3.05, 3.63) is 17.7 Å². The van der Waals surface area contributed by atoms with E-state index in [2.05, 4.69) is 12.2 Å². The van der Waals surface area contributed by atoms with Gasteiger partial charge in [-0.1, -0.05) is 13.8 Å². The number of nitrogens with one attached hydrogen (secondary N) is 1. The van der Waals surface area contributed by atoms with Crippen LogP contribution in [0, 0.1) is 0 Å². The van der Waals surface area contributed by atoms with Gasteiger partial charge in [-0.2, -0.15) is 0 Å². The molecule has 0 saturated heterocycles. The van der Waals surface area contributed by atoms with Crippen molar-refractivity contribution in [3.8, 4) is 11.5 Å². The summed E-state index contributed by atoms with van der Waals surface area (Å²) < 4.78 is 24.0. The van der Waals surface area contributed by atoms with Gasteiger partial charge in [0.25, 0.3) is 0 Å². The highest BCUT2D eigenvalue weighted by Gasteiger charge is 2.31. The van der Waals surface area contributed by atoms with E-state index in [9.17, 15) is 4.21 Å². The third-order valence-corrected chi connectivity index (χ3v) is 5.57. The Morgan fingerprint density at radius 2 is 2.00 bits per heavy atom. The average Bonchev–Trinajstić information content (AvgIpc) is 2.68. The van der Waals surface area contributed by atoms with Gasteiger partial charge in [-0.05, 0) is 24.6 Å². The first-order valence-electron chi connectivity index (χ1n) is 7.28. The summed E-state index contributed by atoms with van der Waals surface area (Å²) in [6, 6.07) is 4.19. The number of benzene rings is 1. The van der Waals surface area contributed by atoms with E-state index in [4.69, 9.17) is 9.47 Å². The van der Waals surface area contributed by atoms with Gasteiger partial charge >= 0.3 is 0 Å². The van der Waals surface area contributed by atoms with Crippen LogP contribution in [0.3, 0.4) is 0 Å². The van der Waals surface area contributed by atoms with E-state index in [1.54, 1.807) is 0 Å². The molecule has 0 spiro atoms. The van der Waals surface area contributed by atoms with Crippen LogP contribution in [0.15, 0.2) is 17.0 Å². The molecular weight excluding hydrogens is 274 g/mol. The molecule has 20 heavy (non-hydrogen) atoms. The van der Waals surface area contributed by atoms with Crippen molar-refractivity contribution in [3.63, 3.8) is 0 Å². The summed E-state index contributed by atoms with van der Waals surface area (Å²) in [6.45, 7) is 6.38. The Morgan fingerprint density at radius 3 is 2.70 bits per heavy atom. The van der Waals surface area contributed by atoms with Crippen molar-refractivity contribution < 1.29 is 13.7 Å². The van der Waals surface area contributed by atoms with Crippen LogP contribution in [0.5, 0.6) is 11.5 Å². The molecule has 0 aliphatic carbocycles. The van der Waals surface area contributed by atoms with E-state index in [-0.39, 0.29) is 11.3 Å². The topological polar surface area (TPSA) is 47.6 Å². The van der Waals surface area contributed by atoms with Gasteiger partial charge in [-0.25, -0.2) is 0 Å². The second-order valence-electron chi connectivity index (χ2n) is 5.34. The molecule has 2 aliphatic heterocycles. The molecule has 1 N–H and O–H groups in total. The smallest absolute Gasteiger partial charge is 0.162 e. The number of ether oxygens (including phenoxy) is 2. The Morgan fingerprint density at radius 1 is 1.30 bits per heavy atom. The molecule has 0 saturated carbocycles. The molecular formula is C15H21NO3S. The molecule has 0 aromatic heterocycles. The highest BCUT2D eigenvalue weighted by Crippen LogP contribution is 2.41. The number of hydrogen-bond donors (Lipinski definition) is 1. The SMILES string of the molecule is CCNC1CC(C)S(=O)c2cc3c(cc21)OCCCO3. The molecule has 0 fully saturated rings. The Bertz CT molecular complexity index is 532. The van der Waals surface area contributed by atoms with Gasteiger partial charge in [0.2, 0.25) is 0 Å². The number of rotatable bonds is 2. The summed E-state index contributed by atoms with van der Waals surface area (Å²) >= 11 is 0. The Balaban J connectivity index is 2.06. The largest absolute Gasteiger partial charge is 0.490 e. The summed E-state index contributed by atoms with van der Waals surface area (Å²) in [5, 5.41) is 3.65. The Hall–Kier alpha value is -1.07. The summed E-state index contributed by atoms with van der Waals surface area (Å²) in [7, 11) is -0.963. The quantitative estimate of drug-likeness (QED) is 0.910. The summed E-state index contributed by atoms with van der Waals surface area (Å²) in [5.74, 6) is 1.52. The van der Waals surface area contributed by atoms with Crippen LogP contribution >= 0.6 is 0 Å². The zero-order chi connectivity index (χ0) is 14.1. The molecule has 0 amide bonds. The van der Waals surface area contributed by atoms with Gasteiger partial charge in [-0.15, -0.1) is 0 Å². The average molecular weight is 295 g/mol. The molecule has 3 unspecified atom stereocenters. The molecule has 1 aromatic carbocycles. The van der Waals surface area contributed by atoms with Gasteiger partial charge in [-0.3, -0.25) is 4.21 Å². The molecule has 0 bridgehead atoms. The highest BCUT2D eigenvalue weighted by atomic mass is 32.2. The zero-order valence-corrected chi connectivity index (χ0v) is 12.8. The molecule has 3 rings (SSSR count). The van der Waals surface area contributed by atoms with Crippen molar-refractivity contribution in [2.75, 3.05) is 19.8 Å². The monoisotopic (exact) mass is 295 g/mol. The Labute approximate surface area is 122 Å². The first-order chi connectivity index (χ1) is 9.70. The van der Waals surface area contributed by atoms with E-state index >= 15 is 0 Å². The number of hydrogen-bond acceptors (Lipinski definition) is 4. The second kappa shape index (κ2) is 5.74. The van der Waals surface area contributed by atoms with E-state index in [1.165, 1.54) is 0 Å². The third-order valence-electron chi connectivity index (χ3n) is 3.86. The fraction of sp³-hybridized carbons (Fsp3) is 0.600. The second-order valence-corrected chi connectivity index (χ2v) is 7.18. The first kappa shape index (κ1) is 13.9. The minimum atomic E-state index is -0.963. The molecule has 0 radical (unpaired) electrons. The Kier molecular flexibility index (Phi) is 3.98. The molecule has 110 valence electrons. The maximum absolute atomic E-state index is 12.5. The maximum Gasteiger partial charge on any atom is 0.162 e. The van der Waals surface area contributed by atoms with Gasteiger partial charge in [0, 0.05) is 28.7 Å². The van der Waals surface area contributed by atoms with Gasteiger partial charge in [0.1, 0.15) is 0 Å². The maximum atomic E-state index is 12.5. The lowest BCUT2D eigenvalue weighted by Gasteiger charge is -2.30. The fourth-order valence-electron chi connectivity index (χ4n) is 2.86. The van der Waals surface area contributed by atoms with Crippen molar-refractivity contribution in [1.82, 2.24) is 5.32 Å². The minimum absolute atomic E-state index is 0.163. The minimum Gasteiger partial charge on any atom is -0.490 e. The van der Waals surface area contributed by atoms with Crippen LogP contribution < -0.4 is 14.8 Å². The standard InChI is InChI=1S/C15H21NO3S/c1-3-16-12-7-10(2)20(17)15-9-14-13(8-11(12)15)18-5-4-6-19-14/h8-10,12,16H,3-7H2,1-2H3. The van der Waals surface area contributed by atoms with Crippen LogP contribution in [-0.2, 0) is 10.8 Å². The van der Waals surface area contributed by atoms with Crippen molar-refractivity contribution in [2.45, 2.75) is 42.9 Å². The van der Waals surface area contributed by atoms with Crippen molar-refractivity contribution in [2.24, 2.45) is 0 Å². The van der Waals surface area contributed by atoms with Gasteiger partial charge < -0.3 is 14.8 Å². The van der Waals surface area contributed by atoms with Gasteiger partial charge in [0.15, 0.2) is 11.5 Å². The normalized spacial score (nSPS) is 28.6. The lowest BCUT2D eigenvalue weighted by Crippen LogP contribution is -2.31. The van der Waals surface area contributed by atoms with Crippen LogP contribution in [0.25, 0.3) is 0 Å². The van der Waals surface area contributed by atoms with E-state index < -0.39 is 10.8 Å². The summed E-state index contributed by atoms with van der Waals surface area (Å²) in [6.07, 6.45) is 1.78. The molecule has 3 atom stereocenters. The lowest BCUT2D eigenvalue weighted by atomic mass is 10.0. The zero-order valence-electron chi connectivity index (χ0n) is 12.0. The predicted octanol–water partition coefficient (Wildman–Crippen LogP) is 2.40.